The lowest BCUT2D eigenvalue weighted by Crippen LogP contribution is -2.62. The predicted molar refractivity (Wildman–Crippen MR) is 123 cm³/mol. The van der Waals surface area contributed by atoms with Crippen molar-refractivity contribution in [2.75, 3.05) is 6.54 Å². The quantitative estimate of drug-likeness (QED) is 0.330. The van der Waals surface area contributed by atoms with Gasteiger partial charge in [-0.15, -0.1) is 6.42 Å². The Morgan fingerprint density at radius 3 is 2.71 bits per heavy atom. The molecule has 3 N–H and O–H groups in total. The number of rotatable bonds is 6. The summed E-state index contributed by atoms with van der Waals surface area (Å²) in [6.07, 6.45) is 16.3. The third-order valence-electron chi connectivity index (χ3n) is 7.62. The highest BCUT2D eigenvalue weighted by atomic mass is 35.5. The Kier molecular flexibility index (Phi) is 5.83. The summed E-state index contributed by atoms with van der Waals surface area (Å²) in [6, 6.07) is 4.79. The molecule has 1 spiro atoms. The van der Waals surface area contributed by atoms with E-state index in [1.165, 1.54) is 18.1 Å². The first kappa shape index (κ1) is 21.8. The number of benzene rings is 1. The molecule has 2 atom stereocenters. The van der Waals surface area contributed by atoms with Crippen molar-refractivity contribution in [2.45, 2.75) is 51.9 Å². The number of amides is 1. The van der Waals surface area contributed by atoms with Gasteiger partial charge in [-0.05, 0) is 92.9 Å². The Labute approximate surface area is 189 Å². The first-order valence-corrected chi connectivity index (χ1v) is 11.4. The highest BCUT2D eigenvalue weighted by Gasteiger charge is 2.65. The van der Waals surface area contributed by atoms with Gasteiger partial charge in [0.15, 0.2) is 11.5 Å². The van der Waals surface area contributed by atoms with Crippen LogP contribution in [0.2, 0.25) is 0 Å². The van der Waals surface area contributed by atoms with E-state index in [1.54, 1.807) is 12.1 Å². The smallest absolute Gasteiger partial charge is 0.226 e. The van der Waals surface area contributed by atoms with Gasteiger partial charge in [0, 0.05) is 6.54 Å². The number of carbonyl (C=O) groups is 1. The Hall–Kier alpha value is -2.38. The van der Waals surface area contributed by atoms with Crippen LogP contribution in [-0.2, 0) is 11.2 Å². The van der Waals surface area contributed by atoms with E-state index in [-0.39, 0.29) is 22.8 Å². The number of allylic oxidation sites excluding steroid dienone is 4. The molecule has 5 rings (SSSR count). The van der Waals surface area contributed by atoms with Crippen LogP contribution in [-0.4, -0.2) is 22.7 Å². The third kappa shape index (κ3) is 4.34. The summed E-state index contributed by atoms with van der Waals surface area (Å²) in [4.78, 5) is 13.1. The van der Waals surface area contributed by atoms with Crippen molar-refractivity contribution >= 4 is 17.5 Å². The number of nitrogens with one attached hydrogen (secondary N) is 1. The normalized spacial score (nSPS) is 32.0. The molecule has 1 amide bonds. The molecule has 1 aromatic carbocycles. The van der Waals surface area contributed by atoms with E-state index in [0.29, 0.717) is 35.2 Å². The number of carbonyl (C=O) groups excluding carboxylic acids is 1. The molecule has 31 heavy (non-hydrogen) atoms. The first-order valence-electron chi connectivity index (χ1n) is 11.0. The molecule has 0 radical (unpaired) electrons. The van der Waals surface area contributed by atoms with E-state index in [0.717, 1.165) is 37.7 Å². The monoisotopic (exact) mass is 439 g/mol. The number of hydrogen-bond acceptors (Lipinski definition) is 3. The minimum atomic E-state index is -0.199. The van der Waals surface area contributed by atoms with Crippen molar-refractivity contribution in [1.82, 2.24) is 5.32 Å². The van der Waals surface area contributed by atoms with Crippen molar-refractivity contribution in [2.24, 2.45) is 22.7 Å². The van der Waals surface area contributed by atoms with Crippen LogP contribution in [0.3, 0.4) is 0 Å². The van der Waals surface area contributed by atoms with Crippen LogP contribution in [0.5, 0.6) is 11.5 Å². The molecule has 4 fully saturated rings. The molecule has 4 aliphatic carbocycles. The van der Waals surface area contributed by atoms with Crippen molar-refractivity contribution in [3.63, 3.8) is 0 Å². The lowest BCUT2D eigenvalue weighted by molar-refractivity contribution is -0.178. The molecule has 3 bridgehead atoms. The van der Waals surface area contributed by atoms with E-state index in [2.05, 4.69) is 24.2 Å². The number of phenolic OH excluding ortho intramolecular Hbond substituents is 2. The van der Waals surface area contributed by atoms with E-state index in [4.69, 9.17) is 18.0 Å². The second-order valence-electron chi connectivity index (χ2n) is 9.94. The van der Waals surface area contributed by atoms with Gasteiger partial charge in [-0.2, -0.15) is 0 Å². The van der Waals surface area contributed by atoms with Crippen molar-refractivity contribution in [1.29, 1.82) is 0 Å². The van der Waals surface area contributed by atoms with Crippen molar-refractivity contribution in [3.05, 3.63) is 46.5 Å². The zero-order valence-electron chi connectivity index (χ0n) is 18.0. The second-order valence-corrected chi connectivity index (χ2v) is 10.4. The molecular weight excluding hydrogens is 410 g/mol. The van der Waals surface area contributed by atoms with Crippen LogP contribution in [0.1, 0.15) is 51.0 Å². The molecule has 0 aromatic heterocycles. The fourth-order valence-electron chi connectivity index (χ4n) is 6.53. The van der Waals surface area contributed by atoms with Gasteiger partial charge in [-0.3, -0.25) is 4.79 Å². The van der Waals surface area contributed by atoms with Gasteiger partial charge < -0.3 is 15.5 Å². The molecule has 0 saturated heterocycles. The molecule has 0 aliphatic heterocycles. The maximum Gasteiger partial charge on any atom is 0.226 e. The highest BCUT2D eigenvalue weighted by molar-refractivity contribution is 6.32. The predicted octanol–water partition coefficient (Wildman–Crippen LogP) is 5.05. The summed E-state index contributed by atoms with van der Waals surface area (Å²) in [5.74, 6) is 3.51. The number of hydrogen-bond donors (Lipinski definition) is 3. The van der Waals surface area contributed by atoms with Crippen molar-refractivity contribution in [3.8, 4) is 23.8 Å². The van der Waals surface area contributed by atoms with Gasteiger partial charge >= 0.3 is 0 Å². The van der Waals surface area contributed by atoms with E-state index in [9.17, 15) is 15.0 Å². The molecule has 0 heterocycles. The Balaban J connectivity index is 1.34. The molecule has 4 nitrogen and oxygen atoms in total. The van der Waals surface area contributed by atoms with Gasteiger partial charge in [0.1, 0.15) is 0 Å². The number of terminal acetylenes is 1. The zero-order valence-corrected chi connectivity index (χ0v) is 18.7. The summed E-state index contributed by atoms with van der Waals surface area (Å²) in [6.45, 7) is 2.70. The van der Waals surface area contributed by atoms with Crippen LogP contribution in [0.15, 0.2) is 41.0 Å². The lowest BCUT2D eigenvalue weighted by atomic mass is 9.38. The van der Waals surface area contributed by atoms with Crippen LogP contribution in [0.25, 0.3) is 0 Å². The van der Waals surface area contributed by atoms with Gasteiger partial charge in [0.2, 0.25) is 5.91 Å². The third-order valence-corrected chi connectivity index (χ3v) is 7.86. The van der Waals surface area contributed by atoms with Gasteiger partial charge in [0.25, 0.3) is 0 Å². The fourth-order valence-corrected chi connectivity index (χ4v) is 6.60. The van der Waals surface area contributed by atoms with Crippen LogP contribution in [0.4, 0.5) is 0 Å². The largest absolute Gasteiger partial charge is 0.504 e. The maximum absolute atomic E-state index is 13.1. The summed E-state index contributed by atoms with van der Waals surface area (Å²) >= 11 is 5.94. The molecule has 5 heteroatoms. The minimum absolute atomic E-state index is 0.126. The Bertz CT molecular complexity index is 975. The minimum Gasteiger partial charge on any atom is -0.504 e. The summed E-state index contributed by atoms with van der Waals surface area (Å²) in [5.41, 5.74) is 2.33. The average Bonchev–Trinajstić information content (AvgIpc) is 2.72. The maximum atomic E-state index is 13.1. The lowest BCUT2D eigenvalue weighted by Gasteiger charge is -2.65. The fraction of sp³-hybridized carbons (Fsp3) is 0.500. The summed E-state index contributed by atoms with van der Waals surface area (Å²) < 4.78 is 0. The number of aromatic hydroxyl groups is 2. The van der Waals surface area contributed by atoms with Crippen LogP contribution >= 0.6 is 11.6 Å². The first-order chi connectivity index (χ1) is 14.7. The van der Waals surface area contributed by atoms with Gasteiger partial charge in [-0.1, -0.05) is 35.2 Å². The molecule has 164 valence electrons. The van der Waals surface area contributed by atoms with E-state index in [1.807, 2.05) is 6.08 Å². The summed E-state index contributed by atoms with van der Waals surface area (Å²) in [5, 5.41) is 22.6. The van der Waals surface area contributed by atoms with E-state index < -0.39 is 0 Å². The van der Waals surface area contributed by atoms with Crippen molar-refractivity contribution < 1.29 is 15.0 Å². The summed E-state index contributed by atoms with van der Waals surface area (Å²) in [7, 11) is 0. The number of halogens is 1. The van der Waals surface area contributed by atoms with Gasteiger partial charge in [0.05, 0.1) is 10.4 Å². The van der Waals surface area contributed by atoms with E-state index >= 15 is 0 Å². The second kappa shape index (κ2) is 8.28. The Morgan fingerprint density at radius 1 is 1.26 bits per heavy atom. The molecule has 4 aliphatic rings. The van der Waals surface area contributed by atoms with Crippen LogP contribution < -0.4 is 5.32 Å². The zero-order chi connectivity index (χ0) is 22.2. The van der Waals surface area contributed by atoms with Gasteiger partial charge in [-0.25, -0.2) is 0 Å². The van der Waals surface area contributed by atoms with Crippen LogP contribution in [0, 0.1) is 35.0 Å². The SMILES string of the molecule is C#C/C(Cl)=C\C=C(/C)C1CC2CC3(C1)CC(C(=O)NCCc1ccc(O)c(O)c1)(C2)C3. The molecular formula is C26H30ClNO3. The highest BCUT2D eigenvalue weighted by Crippen LogP contribution is 2.71. The number of phenols is 2. The molecule has 1 aromatic rings. The standard InChI is InChI=1S/C26H30ClNO3/c1-3-21(27)6-4-17(2)20-10-19-12-25(14-20)15-26(13-19,16-25)24(31)28-9-8-18-5-7-22(29)23(30)11-18/h1,4-7,11,19-20,29-30H,8-10,12-16H2,2H3,(H,28,31)/b17-4+,21-6+. The molecule has 4 saturated carbocycles. The topological polar surface area (TPSA) is 69.6 Å². The molecule has 2 unspecified atom stereocenters. The average molecular weight is 440 g/mol. The Morgan fingerprint density at radius 2 is 2.03 bits per heavy atom.